The molecule has 1 aromatic heterocycles. The van der Waals surface area contributed by atoms with Gasteiger partial charge in [-0.15, -0.1) is 0 Å². The Hall–Kier alpha value is -1.20. The summed E-state index contributed by atoms with van der Waals surface area (Å²) in [5.74, 6) is 0.232. The number of Topliss-reactive ketones (excluding diaryl/α,β-unsaturated/α-hetero) is 1. The molecule has 104 valence electrons. The SMILES string of the molecule is O=C1CCc2cc3c(cnn3C3CCCCO3)c(Br)c21. The number of rotatable bonds is 1. The number of benzene rings is 1. The normalized spacial score (nSPS) is 22.4. The summed E-state index contributed by atoms with van der Waals surface area (Å²) in [4.78, 5) is 12.0. The van der Waals surface area contributed by atoms with Crippen molar-refractivity contribution in [2.45, 2.75) is 38.3 Å². The highest BCUT2D eigenvalue weighted by Gasteiger charge is 2.27. The van der Waals surface area contributed by atoms with Gasteiger partial charge in [-0.1, -0.05) is 0 Å². The van der Waals surface area contributed by atoms with Gasteiger partial charge in [0.25, 0.3) is 0 Å². The molecule has 1 aromatic carbocycles. The Morgan fingerprint density at radius 3 is 3.05 bits per heavy atom. The molecular weight excluding hydrogens is 320 g/mol. The smallest absolute Gasteiger partial charge is 0.164 e. The number of aryl methyl sites for hydroxylation is 1. The zero-order chi connectivity index (χ0) is 13.7. The fourth-order valence-electron chi connectivity index (χ4n) is 3.22. The minimum Gasteiger partial charge on any atom is -0.356 e. The summed E-state index contributed by atoms with van der Waals surface area (Å²) in [7, 11) is 0. The number of fused-ring (bicyclic) bond motifs is 2. The van der Waals surface area contributed by atoms with Gasteiger partial charge in [-0.25, -0.2) is 4.68 Å². The highest BCUT2D eigenvalue weighted by atomic mass is 79.9. The molecule has 1 aliphatic carbocycles. The lowest BCUT2D eigenvalue weighted by Gasteiger charge is -2.23. The molecule has 1 atom stereocenters. The Kier molecular flexibility index (Phi) is 2.93. The maximum absolute atomic E-state index is 12.0. The van der Waals surface area contributed by atoms with E-state index in [0.29, 0.717) is 6.42 Å². The highest BCUT2D eigenvalue weighted by molar-refractivity contribution is 9.10. The minimum atomic E-state index is 0.0308. The van der Waals surface area contributed by atoms with E-state index in [1.807, 2.05) is 10.9 Å². The Balaban J connectivity index is 1.89. The molecule has 20 heavy (non-hydrogen) atoms. The molecule has 5 heteroatoms. The summed E-state index contributed by atoms with van der Waals surface area (Å²) in [5, 5.41) is 5.50. The quantitative estimate of drug-likeness (QED) is 0.799. The van der Waals surface area contributed by atoms with E-state index in [0.717, 1.165) is 52.4 Å². The van der Waals surface area contributed by atoms with E-state index < -0.39 is 0 Å². The van der Waals surface area contributed by atoms with Gasteiger partial charge in [-0.05, 0) is 53.2 Å². The maximum Gasteiger partial charge on any atom is 0.164 e. The zero-order valence-electron chi connectivity index (χ0n) is 11.1. The molecule has 0 amide bonds. The second kappa shape index (κ2) is 4.67. The lowest BCUT2D eigenvalue weighted by Crippen LogP contribution is -2.19. The lowest BCUT2D eigenvalue weighted by atomic mass is 10.1. The minimum absolute atomic E-state index is 0.0308. The molecule has 1 unspecified atom stereocenters. The number of hydrogen-bond acceptors (Lipinski definition) is 3. The Morgan fingerprint density at radius 1 is 1.35 bits per heavy atom. The van der Waals surface area contributed by atoms with Crippen molar-refractivity contribution in [3.8, 4) is 0 Å². The Labute approximate surface area is 125 Å². The Bertz CT molecular complexity index is 701. The monoisotopic (exact) mass is 334 g/mol. The van der Waals surface area contributed by atoms with Crippen LogP contribution in [0.4, 0.5) is 0 Å². The van der Waals surface area contributed by atoms with Crippen LogP contribution in [0.2, 0.25) is 0 Å². The molecule has 0 N–H and O–H groups in total. The van der Waals surface area contributed by atoms with Gasteiger partial charge in [0.2, 0.25) is 0 Å². The second-order valence-corrected chi connectivity index (χ2v) is 6.28. The number of nitrogens with zero attached hydrogens (tertiary/aromatic N) is 2. The van der Waals surface area contributed by atoms with Gasteiger partial charge in [0.1, 0.15) is 0 Å². The van der Waals surface area contributed by atoms with Crippen LogP contribution in [-0.4, -0.2) is 22.2 Å². The number of ketones is 1. The van der Waals surface area contributed by atoms with Crippen molar-refractivity contribution in [1.29, 1.82) is 0 Å². The van der Waals surface area contributed by atoms with Crippen molar-refractivity contribution >= 4 is 32.6 Å². The number of ether oxygens (including phenoxy) is 1. The summed E-state index contributed by atoms with van der Waals surface area (Å²) in [6, 6.07) is 2.12. The molecule has 2 aliphatic rings. The molecule has 4 rings (SSSR count). The molecule has 0 radical (unpaired) electrons. The van der Waals surface area contributed by atoms with E-state index in [-0.39, 0.29) is 12.0 Å². The topological polar surface area (TPSA) is 44.1 Å². The number of carbonyl (C=O) groups is 1. The largest absolute Gasteiger partial charge is 0.356 e. The van der Waals surface area contributed by atoms with Gasteiger partial charge in [0.15, 0.2) is 12.0 Å². The van der Waals surface area contributed by atoms with Crippen LogP contribution in [0.1, 0.15) is 47.8 Å². The van der Waals surface area contributed by atoms with Crippen LogP contribution in [-0.2, 0) is 11.2 Å². The van der Waals surface area contributed by atoms with Gasteiger partial charge in [-0.2, -0.15) is 5.10 Å². The predicted molar refractivity (Wildman–Crippen MR) is 78.9 cm³/mol. The standard InChI is InChI=1S/C15H15BrN2O2/c16-15-10-8-17-18(13-3-1-2-6-20-13)11(10)7-9-4-5-12(19)14(9)15/h7-8,13H,1-6H2. The number of hydrogen-bond donors (Lipinski definition) is 0. The van der Waals surface area contributed by atoms with Crippen LogP contribution in [0.25, 0.3) is 10.9 Å². The average molecular weight is 335 g/mol. The second-order valence-electron chi connectivity index (χ2n) is 5.49. The molecule has 0 saturated carbocycles. The van der Waals surface area contributed by atoms with E-state index in [2.05, 4.69) is 27.1 Å². The van der Waals surface area contributed by atoms with Gasteiger partial charge >= 0.3 is 0 Å². The van der Waals surface area contributed by atoms with Crippen molar-refractivity contribution in [3.05, 3.63) is 27.9 Å². The number of carbonyl (C=O) groups excluding carboxylic acids is 1. The molecular formula is C15H15BrN2O2. The van der Waals surface area contributed by atoms with Crippen LogP contribution >= 0.6 is 15.9 Å². The molecule has 1 saturated heterocycles. The van der Waals surface area contributed by atoms with Crippen LogP contribution in [0, 0.1) is 0 Å². The molecule has 1 aliphatic heterocycles. The van der Waals surface area contributed by atoms with E-state index in [1.54, 1.807) is 0 Å². The first-order valence-corrected chi connectivity index (χ1v) is 7.88. The Morgan fingerprint density at radius 2 is 2.25 bits per heavy atom. The van der Waals surface area contributed by atoms with E-state index in [9.17, 15) is 4.79 Å². The first-order valence-electron chi connectivity index (χ1n) is 7.09. The van der Waals surface area contributed by atoms with Crippen LogP contribution < -0.4 is 0 Å². The van der Waals surface area contributed by atoms with E-state index in [1.165, 1.54) is 6.42 Å². The van der Waals surface area contributed by atoms with Crippen LogP contribution in [0.3, 0.4) is 0 Å². The average Bonchev–Trinajstić information content (AvgIpc) is 3.05. The maximum atomic E-state index is 12.0. The first kappa shape index (κ1) is 12.5. The fourth-order valence-corrected chi connectivity index (χ4v) is 4.00. The van der Waals surface area contributed by atoms with Crippen LogP contribution in [0.15, 0.2) is 16.7 Å². The van der Waals surface area contributed by atoms with Gasteiger partial charge < -0.3 is 4.74 Å². The third-order valence-corrected chi connectivity index (χ3v) is 5.07. The zero-order valence-corrected chi connectivity index (χ0v) is 12.6. The van der Waals surface area contributed by atoms with Crippen molar-refractivity contribution in [3.63, 3.8) is 0 Å². The van der Waals surface area contributed by atoms with Crippen molar-refractivity contribution in [1.82, 2.24) is 9.78 Å². The third kappa shape index (κ3) is 1.76. The number of aromatic nitrogens is 2. The summed E-state index contributed by atoms with van der Waals surface area (Å²) >= 11 is 3.60. The van der Waals surface area contributed by atoms with Crippen molar-refractivity contribution < 1.29 is 9.53 Å². The summed E-state index contributed by atoms with van der Waals surface area (Å²) in [6.07, 6.45) is 6.63. The van der Waals surface area contributed by atoms with Gasteiger partial charge in [0, 0.05) is 28.5 Å². The van der Waals surface area contributed by atoms with Crippen LogP contribution in [0.5, 0.6) is 0 Å². The fraction of sp³-hybridized carbons (Fsp3) is 0.467. The molecule has 1 fully saturated rings. The third-order valence-electron chi connectivity index (χ3n) is 4.25. The lowest BCUT2D eigenvalue weighted by molar-refractivity contribution is -0.0366. The van der Waals surface area contributed by atoms with Crippen molar-refractivity contribution in [2.75, 3.05) is 6.61 Å². The van der Waals surface area contributed by atoms with Gasteiger partial charge in [0.05, 0.1) is 11.7 Å². The molecule has 2 aromatic rings. The number of halogens is 1. The molecule has 0 spiro atoms. The van der Waals surface area contributed by atoms with Crippen molar-refractivity contribution in [2.24, 2.45) is 0 Å². The predicted octanol–water partition coefficient (Wildman–Crippen LogP) is 3.63. The van der Waals surface area contributed by atoms with Gasteiger partial charge in [-0.3, -0.25) is 4.79 Å². The molecule has 2 heterocycles. The molecule has 4 nitrogen and oxygen atoms in total. The summed E-state index contributed by atoms with van der Waals surface area (Å²) < 4.78 is 8.70. The highest BCUT2D eigenvalue weighted by Crippen LogP contribution is 2.37. The van der Waals surface area contributed by atoms with E-state index >= 15 is 0 Å². The summed E-state index contributed by atoms with van der Waals surface area (Å²) in [6.45, 7) is 0.802. The summed E-state index contributed by atoms with van der Waals surface area (Å²) in [5.41, 5.74) is 3.05. The van der Waals surface area contributed by atoms with E-state index in [4.69, 9.17) is 4.74 Å². The first-order chi connectivity index (χ1) is 9.75. The molecule has 0 bridgehead atoms.